The van der Waals surface area contributed by atoms with Gasteiger partial charge >= 0.3 is 0 Å². The van der Waals surface area contributed by atoms with Crippen molar-refractivity contribution < 1.29 is 0 Å². The van der Waals surface area contributed by atoms with Crippen molar-refractivity contribution >= 4 is 22.8 Å². The van der Waals surface area contributed by atoms with Crippen LogP contribution >= 0.6 is 0 Å². The minimum atomic E-state index is 0.989. The summed E-state index contributed by atoms with van der Waals surface area (Å²) < 4.78 is 0. The molecule has 0 aliphatic rings. The maximum atomic E-state index is 5.29. The van der Waals surface area contributed by atoms with Crippen LogP contribution in [0.15, 0.2) is 76.7 Å². The van der Waals surface area contributed by atoms with E-state index in [0.29, 0.717) is 0 Å². The molecule has 190 valence electrons. The summed E-state index contributed by atoms with van der Waals surface area (Å²) in [4.78, 5) is 10.4. The summed E-state index contributed by atoms with van der Waals surface area (Å²) >= 11 is 0. The van der Waals surface area contributed by atoms with Crippen LogP contribution in [0.2, 0.25) is 0 Å². The first-order chi connectivity index (χ1) is 17.3. The number of benzene rings is 2. The van der Waals surface area contributed by atoms with Crippen LogP contribution in [0.5, 0.6) is 0 Å². The molecule has 0 unspecified atom stereocenters. The van der Waals surface area contributed by atoms with E-state index >= 15 is 0 Å². The normalized spacial score (nSPS) is 12.5. The Morgan fingerprint density at radius 2 is 1.20 bits per heavy atom. The fourth-order valence-corrected chi connectivity index (χ4v) is 4.21. The Hall–Kier alpha value is -2.48. The topological polar surface area (TPSA) is 24.7 Å². The minimum absolute atomic E-state index is 0.989. The first-order valence-electron chi connectivity index (χ1n) is 14.2. The second-order valence-electron chi connectivity index (χ2n) is 9.50. The van der Waals surface area contributed by atoms with Gasteiger partial charge in [0, 0.05) is 0 Å². The third-order valence-corrected chi connectivity index (χ3v) is 6.34. The van der Waals surface area contributed by atoms with Crippen molar-refractivity contribution in [1.29, 1.82) is 0 Å². The average Bonchev–Trinajstić information content (AvgIpc) is 2.89. The van der Waals surface area contributed by atoms with Crippen molar-refractivity contribution in [3.05, 3.63) is 72.3 Å². The molecule has 0 amide bonds. The van der Waals surface area contributed by atoms with Gasteiger partial charge in [0.15, 0.2) is 0 Å². The number of para-hydroxylation sites is 2. The summed E-state index contributed by atoms with van der Waals surface area (Å²) in [7, 11) is 0. The molecule has 0 fully saturated rings. The molecule has 0 atom stereocenters. The van der Waals surface area contributed by atoms with Gasteiger partial charge in [-0.3, -0.25) is 9.98 Å². The number of aryl methyl sites for hydroxylation is 1. The molecule has 0 spiro atoms. The van der Waals surface area contributed by atoms with Crippen LogP contribution in [0, 0.1) is 0 Å². The van der Waals surface area contributed by atoms with E-state index in [9.17, 15) is 0 Å². The van der Waals surface area contributed by atoms with E-state index in [4.69, 9.17) is 9.98 Å². The van der Waals surface area contributed by atoms with E-state index in [1.807, 2.05) is 0 Å². The summed E-state index contributed by atoms with van der Waals surface area (Å²) in [6, 6.07) is 19.1. The van der Waals surface area contributed by atoms with Crippen LogP contribution in [0.3, 0.4) is 0 Å². The smallest absolute Gasteiger partial charge is 0.0665 e. The molecular formula is C33H48N2. The summed E-state index contributed by atoms with van der Waals surface area (Å²) in [6.45, 7) is 6.78. The van der Waals surface area contributed by atoms with Gasteiger partial charge in [0.2, 0.25) is 0 Å². The lowest BCUT2D eigenvalue weighted by atomic mass is 10.0. The number of aliphatic imine (C=N–C) groups is 2. The van der Waals surface area contributed by atoms with Gasteiger partial charge < -0.3 is 0 Å². The minimum Gasteiger partial charge on any atom is -0.252 e. The van der Waals surface area contributed by atoms with Crippen molar-refractivity contribution in [3.8, 4) is 0 Å². The van der Waals surface area contributed by atoms with Gasteiger partial charge in [0.05, 0.1) is 22.8 Å². The first-order valence-corrected chi connectivity index (χ1v) is 14.2. The highest BCUT2D eigenvalue weighted by Crippen LogP contribution is 2.24. The van der Waals surface area contributed by atoms with E-state index < -0.39 is 0 Å². The van der Waals surface area contributed by atoms with Crippen molar-refractivity contribution in [3.63, 3.8) is 0 Å². The fraction of sp³-hybridized carbons (Fsp3) is 0.515. The van der Waals surface area contributed by atoms with Gasteiger partial charge in [-0.05, 0) is 81.5 Å². The van der Waals surface area contributed by atoms with Crippen LogP contribution in [0.25, 0.3) is 0 Å². The summed E-state index contributed by atoms with van der Waals surface area (Å²) in [5, 5.41) is 0. The largest absolute Gasteiger partial charge is 0.252 e. The van der Waals surface area contributed by atoms with E-state index in [-0.39, 0.29) is 0 Å². The lowest BCUT2D eigenvalue weighted by molar-refractivity contribution is 0.726. The summed E-state index contributed by atoms with van der Waals surface area (Å²) in [6.07, 6.45) is 21.2. The second kappa shape index (κ2) is 18.8. The molecule has 0 bridgehead atoms. The lowest BCUT2D eigenvalue weighted by Crippen LogP contribution is -2.14. The van der Waals surface area contributed by atoms with Crippen LogP contribution in [0.4, 0.5) is 11.4 Å². The molecule has 0 aliphatic heterocycles. The van der Waals surface area contributed by atoms with E-state index in [1.165, 1.54) is 74.8 Å². The highest BCUT2D eigenvalue weighted by atomic mass is 14.8. The number of hydrogen-bond donors (Lipinski definition) is 0. The number of nitrogens with zero attached hydrogens (tertiary/aromatic N) is 2. The predicted molar refractivity (Wildman–Crippen MR) is 157 cm³/mol. The number of allylic oxidation sites excluding steroid dienone is 2. The molecule has 2 nitrogen and oxygen atoms in total. The van der Waals surface area contributed by atoms with E-state index in [0.717, 1.165) is 43.5 Å². The Bertz CT molecular complexity index is 892. The Morgan fingerprint density at radius 3 is 1.94 bits per heavy atom. The quantitative estimate of drug-likeness (QED) is 0.117. The van der Waals surface area contributed by atoms with Gasteiger partial charge in [-0.25, -0.2) is 0 Å². The van der Waals surface area contributed by atoms with E-state index in [2.05, 4.69) is 87.5 Å². The average molecular weight is 473 g/mol. The monoisotopic (exact) mass is 472 g/mol. The Kier molecular flexibility index (Phi) is 15.4. The van der Waals surface area contributed by atoms with Gasteiger partial charge in [0.1, 0.15) is 0 Å². The first kappa shape index (κ1) is 28.8. The SMILES string of the molecule is CCCCC/C=C/CCCc1ccccc1N=C(CCCC)C(CCCCC)=Nc1ccccc1. The van der Waals surface area contributed by atoms with Crippen LogP contribution in [-0.2, 0) is 6.42 Å². The third-order valence-electron chi connectivity index (χ3n) is 6.34. The molecule has 0 radical (unpaired) electrons. The molecule has 0 saturated carbocycles. The Labute approximate surface area is 215 Å². The summed E-state index contributed by atoms with van der Waals surface area (Å²) in [5.41, 5.74) is 5.86. The zero-order chi connectivity index (χ0) is 25.0. The molecule has 35 heavy (non-hydrogen) atoms. The Balaban J connectivity index is 2.21. The van der Waals surface area contributed by atoms with Gasteiger partial charge in [-0.15, -0.1) is 0 Å². The molecule has 0 N–H and O–H groups in total. The molecular weight excluding hydrogens is 424 g/mol. The van der Waals surface area contributed by atoms with Crippen molar-refractivity contribution in [2.75, 3.05) is 0 Å². The lowest BCUT2D eigenvalue weighted by Gasteiger charge is -2.13. The molecule has 0 aliphatic carbocycles. The fourth-order valence-electron chi connectivity index (χ4n) is 4.21. The number of hydrogen-bond acceptors (Lipinski definition) is 2. The van der Waals surface area contributed by atoms with Crippen LogP contribution in [0.1, 0.15) is 110 Å². The molecule has 0 saturated heterocycles. The van der Waals surface area contributed by atoms with Crippen molar-refractivity contribution in [1.82, 2.24) is 0 Å². The predicted octanol–water partition coefficient (Wildman–Crippen LogP) is 10.8. The number of unbranched alkanes of at least 4 members (excludes halogenated alkanes) is 7. The van der Waals surface area contributed by atoms with Crippen LogP contribution < -0.4 is 0 Å². The van der Waals surface area contributed by atoms with Crippen molar-refractivity contribution in [2.45, 2.75) is 111 Å². The molecule has 2 aromatic carbocycles. The molecule has 0 aromatic heterocycles. The zero-order valence-electron chi connectivity index (χ0n) is 22.6. The van der Waals surface area contributed by atoms with Gasteiger partial charge in [-0.2, -0.15) is 0 Å². The van der Waals surface area contributed by atoms with E-state index in [1.54, 1.807) is 0 Å². The maximum absolute atomic E-state index is 5.29. The molecule has 2 heteroatoms. The number of rotatable bonds is 18. The highest BCUT2D eigenvalue weighted by Gasteiger charge is 2.11. The zero-order valence-corrected chi connectivity index (χ0v) is 22.6. The van der Waals surface area contributed by atoms with Gasteiger partial charge in [0.25, 0.3) is 0 Å². The Morgan fingerprint density at radius 1 is 0.600 bits per heavy atom. The third kappa shape index (κ3) is 12.2. The molecule has 0 heterocycles. The van der Waals surface area contributed by atoms with Gasteiger partial charge in [-0.1, -0.05) is 101 Å². The highest BCUT2D eigenvalue weighted by molar-refractivity contribution is 6.43. The second-order valence-corrected chi connectivity index (χ2v) is 9.50. The maximum Gasteiger partial charge on any atom is 0.0665 e. The standard InChI is InChI=1S/C33H48N2/c1-4-7-10-11-12-13-14-17-22-29-23-20-21-27-31(29)35-33(26-9-6-3)32(28-16-8-5-2)34-30-24-18-15-19-25-30/h12-13,15,18-21,23-25,27H,4-11,14,16-17,22,26,28H2,1-3H3/b13-12+,34-32?,35-33?. The van der Waals surface area contributed by atoms with Crippen LogP contribution in [-0.4, -0.2) is 11.4 Å². The molecule has 2 rings (SSSR count). The molecule has 2 aromatic rings. The van der Waals surface area contributed by atoms with Crippen molar-refractivity contribution in [2.24, 2.45) is 9.98 Å². The summed E-state index contributed by atoms with van der Waals surface area (Å²) in [5.74, 6) is 0.